The molecule has 0 heterocycles. The van der Waals surface area contributed by atoms with Crippen molar-refractivity contribution < 1.29 is 9.66 Å². The summed E-state index contributed by atoms with van der Waals surface area (Å²) in [5, 5.41) is 9.02. The van der Waals surface area contributed by atoms with Crippen molar-refractivity contribution in [1.82, 2.24) is 0 Å². The third kappa shape index (κ3) is 1.76. The molecule has 0 fully saturated rings. The Morgan fingerprint density at radius 3 is 2.45 bits per heavy atom. The predicted molar refractivity (Wildman–Crippen MR) is 46.6 cm³/mol. The average Bonchev–Trinajstić information content (AvgIpc) is 2.04. The highest BCUT2D eigenvalue weighted by Gasteiger charge is 2.02. The highest BCUT2D eigenvalue weighted by molar-refractivity contribution is 7.93. The Labute approximate surface area is 69.4 Å². The number of aliphatic hydroxyl groups excluding tert-OH is 1. The normalized spacial score (nSPS) is 9.55. The summed E-state index contributed by atoms with van der Waals surface area (Å²) >= 11 is 0.603. The van der Waals surface area contributed by atoms with Crippen LogP contribution in [0, 0.1) is 0 Å². The molecule has 11 heavy (non-hydrogen) atoms. The smallest absolute Gasteiger partial charge is 0.116 e. The SMILES string of the molecule is C=C(O)c1ccccc1SO. The molecule has 0 atom stereocenters. The van der Waals surface area contributed by atoms with Gasteiger partial charge in [-0.2, -0.15) is 0 Å². The summed E-state index contributed by atoms with van der Waals surface area (Å²) in [7, 11) is 0. The van der Waals surface area contributed by atoms with Crippen LogP contribution < -0.4 is 0 Å². The van der Waals surface area contributed by atoms with Crippen LogP contribution in [0.1, 0.15) is 5.56 Å². The second kappa shape index (κ2) is 3.46. The van der Waals surface area contributed by atoms with Crippen molar-refractivity contribution in [1.29, 1.82) is 0 Å². The Morgan fingerprint density at radius 2 is 2.00 bits per heavy atom. The first-order valence-corrected chi connectivity index (χ1v) is 3.81. The molecule has 0 spiro atoms. The Morgan fingerprint density at radius 1 is 1.36 bits per heavy atom. The van der Waals surface area contributed by atoms with E-state index in [1.54, 1.807) is 24.3 Å². The van der Waals surface area contributed by atoms with Gasteiger partial charge in [0.25, 0.3) is 0 Å². The zero-order valence-electron chi connectivity index (χ0n) is 5.82. The van der Waals surface area contributed by atoms with Gasteiger partial charge >= 0.3 is 0 Å². The predicted octanol–water partition coefficient (Wildman–Crippen LogP) is 2.78. The maximum Gasteiger partial charge on any atom is 0.116 e. The Kier molecular flexibility index (Phi) is 2.57. The standard InChI is InChI=1S/C8H8O2S/c1-6(9)7-4-2-3-5-8(7)11-10/h2-5,9-10H,1H2. The van der Waals surface area contributed by atoms with Gasteiger partial charge in [0, 0.05) is 22.5 Å². The quantitative estimate of drug-likeness (QED) is 0.527. The Hall–Kier alpha value is -0.930. The number of hydrogen-bond donors (Lipinski definition) is 2. The van der Waals surface area contributed by atoms with Gasteiger partial charge in [-0.25, -0.2) is 0 Å². The number of aliphatic hydroxyl groups is 1. The second-order valence-corrected chi connectivity index (χ2v) is 2.66. The molecule has 58 valence electrons. The summed E-state index contributed by atoms with van der Waals surface area (Å²) in [6, 6.07) is 6.96. The summed E-state index contributed by atoms with van der Waals surface area (Å²) in [5.74, 6) is -0.0258. The molecule has 3 heteroatoms. The van der Waals surface area contributed by atoms with Crippen molar-refractivity contribution in [2.75, 3.05) is 0 Å². The van der Waals surface area contributed by atoms with Crippen molar-refractivity contribution in [3.05, 3.63) is 36.4 Å². The molecule has 0 saturated heterocycles. The summed E-state index contributed by atoms with van der Waals surface area (Å²) in [5.41, 5.74) is 0.569. The largest absolute Gasteiger partial charge is 0.508 e. The zero-order chi connectivity index (χ0) is 8.27. The maximum atomic E-state index is 9.02. The van der Waals surface area contributed by atoms with Crippen LogP contribution in [0.4, 0.5) is 0 Å². The van der Waals surface area contributed by atoms with Crippen LogP contribution in [-0.4, -0.2) is 9.66 Å². The lowest BCUT2D eigenvalue weighted by molar-refractivity contribution is 0.511. The number of benzene rings is 1. The molecule has 0 aliphatic carbocycles. The third-order valence-corrected chi connectivity index (χ3v) is 1.85. The summed E-state index contributed by atoms with van der Waals surface area (Å²) < 4.78 is 8.73. The van der Waals surface area contributed by atoms with E-state index in [1.165, 1.54) is 0 Å². The topological polar surface area (TPSA) is 40.5 Å². The van der Waals surface area contributed by atoms with Gasteiger partial charge in [0.1, 0.15) is 5.76 Å². The van der Waals surface area contributed by atoms with Gasteiger partial charge in [0.15, 0.2) is 0 Å². The van der Waals surface area contributed by atoms with Gasteiger partial charge in [-0.05, 0) is 6.07 Å². The summed E-state index contributed by atoms with van der Waals surface area (Å²) in [6.07, 6.45) is 0. The molecule has 1 rings (SSSR count). The van der Waals surface area contributed by atoms with Gasteiger partial charge in [-0.1, -0.05) is 24.8 Å². The van der Waals surface area contributed by atoms with Crippen molar-refractivity contribution in [3.63, 3.8) is 0 Å². The van der Waals surface area contributed by atoms with Crippen LogP contribution >= 0.6 is 12.0 Å². The minimum absolute atomic E-state index is 0.0258. The summed E-state index contributed by atoms with van der Waals surface area (Å²) in [4.78, 5) is 0.611. The first-order valence-electron chi connectivity index (χ1n) is 3.04. The van der Waals surface area contributed by atoms with E-state index in [0.717, 1.165) is 0 Å². The molecule has 0 aliphatic rings. The van der Waals surface area contributed by atoms with E-state index in [2.05, 4.69) is 6.58 Å². The monoisotopic (exact) mass is 168 g/mol. The van der Waals surface area contributed by atoms with E-state index in [0.29, 0.717) is 22.5 Å². The van der Waals surface area contributed by atoms with E-state index in [4.69, 9.17) is 9.66 Å². The lowest BCUT2D eigenvalue weighted by atomic mass is 10.2. The van der Waals surface area contributed by atoms with E-state index in [-0.39, 0.29) is 5.76 Å². The van der Waals surface area contributed by atoms with Crippen LogP contribution in [0.2, 0.25) is 0 Å². The molecule has 2 N–H and O–H groups in total. The Bertz CT molecular complexity index is 271. The molecule has 0 saturated carbocycles. The molecule has 2 nitrogen and oxygen atoms in total. The van der Waals surface area contributed by atoms with Gasteiger partial charge < -0.3 is 9.66 Å². The first kappa shape index (κ1) is 8.17. The van der Waals surface area contributed by atoms with Gasteiger partial charge in [-0.3, -0.25) is 0 Å². The van der Waals surface area contributed by atoms with Crippen LogP contribution in [0.3, 0.4) is 0 Å². The van der Waals surface area contributed by atoms with Crippen molar-refractivity contribution in [3.8, 4) is 0 Å². The lowest BCUT2D eigenvalue weighted by Crippen LogP contribution is -1.83. The number of hydrogen-bond acceptors (Lipinski definition) is 3. The van der Waals surface area contributed by atoms with E-state index < -0.39 is 0 Å². The molecular weight excluding hydrogens is 160 g/mol. The first-order chi connectivity index (χ1) is 5.25. The van der Waals surface area contributed by atoms with Crippen LogP contribution in [0.25, 0.3) is 5.76 Å². The van der Waals surface area contributed by atoms with Crippen LogP contribution in [0.5, 0.6) is 0 Å². The molecule has 1 aromatic carbocycles. The summed E-state index contributed by atoms with van der Waals surface area (Å²) in [6.45, 7) is 3.37. The zero-order valence-corrected chi connectivity index (χ0v) is 6.64. The van der Waals surface area contributed by atoms with Gasteiger partial charge in [-0.15, -0.1) is 0 Å². The number of rotatable bonds is 2. The molecule has 0 aromatic heterocycles. The fraction of sp³-hybridized carbons (Fsp3) is 0. The van der Waals surface area contributed by atoms with Crippen molar-refractivity contribution >= 4 is 17.8 Å². The molecule has 0 radical (unpaired) electrons. The van der Waals surface area contributed by atoms with Crippen LogP contribution in [-0.2, 0) is 0 Å². The van der Waals surface area contributed by atoms with Crippen molar-refractivity contribution in [2.24, 2.45) is 0 Å². The fourth-order valence-corrected chi connectivity index (χ4v) is 1.21. The van der Waals surface area contributed by atoms with Crippen molar-refractivity contribution in [2.45, 2.75) is 4.90 Å². The highest BCUT2D eigenvalue weighted by Crippen LogP contribution is 2.23. The highest BCUT2D eigenvalue weighted by atomic mass is 32.2. The molecule has 0 aliphatic heterocycles. The fourth-order valence-electron chi connectivity index (χ4n) is 0.785. The maximum absolute atomic E-state index is 9.02. The minimum Gasteiger partial charge on any atom is -0.508 e. The third-order valence-electron chi connectivity index (χ3n) is 1.30. The molecule has 0 amide bonds. The molecule has 1 aromatic rings. The van der Waals surface area contributed by atoms with Crippen LogP contribution in [0.15, 0.2) is 35.7 Å². The van der Waals surface area contributed by atoms with Gasteiger partial charge in [0.05, 0.1) is 0 Å². The molecule has 0 bridgehead atoms. The van der Waals surface area contributed by atoms with E-state index in [1.807, 2.05) is 0 Å². The second-order valence-electron chi connectivity index (χ2n) is 2.03. The van der Waals surface area contributed by atoms with Gasteiger partial charge in [0.2, 0.25) is 0 Å². The molecule has 0 unspecified atom stereocenters. The lowest BCUT2D eigenvalue weighted by Gasteiger charge is -2.02. The average molecular weight is 168 g/mol. The van der Waals surface area contributed by atoms with E-state index >= 15 is 0 Å². The molecular formula is C8H8O2S. The Balaban J connectivity index is 3.12. The van der Waals surface area contributed by atoms with E-state index in [9.17, 15) is 0 Å². The minimum atomic E-state index is -0.0258.